The van der Waals surface area contributed by atoms with Crippen molar-refractivity contribution in [2.45, 2.75) is 25.4 Å². The number of nitrogens with one attached hydrogen (secondary N) is 1. The number of rotatable bonds is 2. The summed E-state index contributed by atoms with van der Waals surface area (Å²) in [7, 11) is 0. The van der Waals surface area contributed by atoms with E-state index in [0.29, 0.717) is 19.7 Å². The number of hydrogen-bond donors (Lipinski definition) is 2. The topological polar surface area (TPSA) is 61.8 Å². The van der Waals surface area contributed by atoms with Crippen LogP contribution >= 0.6 is 0 Å². The number of hydrogen-bond acceptors (Lipinski definition) is 3. The van der Waals surface area contributed by atoms with Crippen molar-refractivity contribution in [3.8, 4) is 5.75 Å². The lowest BCUT2D eigenvalue weighted by molar-refractivity contribution is -0.0135. The third-order valence-electron chi connectivity index (χ3n) is 4.95. The lowest BCUT2D eigenvalue weighted by Gasteiger charge is -2.33. The molecule has 0 aromatic heterocycles. The predicted molar refractivity (Wildman–Crippen MR) is 95.9 cm³/mol. The Morgan fingerprint density at radius 3 is 2.92 bits per heavy atom. The quantitative estimate of drug-likeness (QED) is 0.881. The highest BCUT2D eigenvalue weighted by atomic mass is 16.5. The highest BCUT2D eigenvalue weighted by Crippen LogP contribution is 2.27. The molecular formula is C20H22N2O3. The second-order valence-electron chi connectivity index (χ2n) is 6.67. The Bertz CT molecular complexity index is 790. The molecule has 2 aromatic rings. The maximum Gasteiger partial charge on any atom is 0.322 e. The van der Waals surface area contributed by atoms with Gasteiger partial charge in [-0.05, 0) is 60.2 Å². The molecule has 5 nitrogen and oxygen atoms in total. The van der Waals surface area contributed by atoms with E-state index in [9.17, 15) is 9.90 Å². The van der Waals surface area contributed by atoms with E-state index in [0.717, 1.165) is 24.1 Å². The summed E-state index contributed by atoms with van der Waals surface area (Å²) in [4.78, 5) is 14.4. The number of aromatic hydroxyl groups is 1. The predicted octanol–water partition coefficient (Wildman–Crippen LogP) is 3.49. The SMILES string of the molecule is O=C(Nc1ccc2c(c1)CCC2)N1CCO[C@@H](c2cccc(O)c2)C1. The van der Waals surface area contributed by atoms with Crippen LogP contribution in [0, 0.1) is 0 Å². The van der Waals surface area contributed by atoms with E-state index in [-0.39, 0.29) is 17.9 Å². The first-order valence-corrected chi connectivity index (χ1v) is 8.77. The van der Waals surface area contributed by atoms with Crippen molar-refractivity contribution in [2.75, 3.05) is 25.0 Å². The highest BCUT2D eigenvalue weighted by Gasteiger charge is 2.26. The second-order valence-corrected chi connectivity index (χ2v) is 6.67. The van der Waals surface area contributed by atoms with Gasteiger partial charge in [0.15, 0.2) is 0 Å². The average molecular weight is 338 g/mol. The van der Waals surface area contributed by atoms with Crippen LogP contribution in [0.4, 0.5) is 10.5 Å². The first kappa shape index (κ1) is 16.0. The molecule has 25 heavy (non-hydrogen) atoms. The molecule has 1 aliphatic heterocycles. The van der Waals surface area contributed by atoms with Crippen LogP contribution in [0.15, 0.2) is 42.5 Å². The van der Waals surface area contributed by atoms with Crippen LogP contribution in [0.2, 0.25) is 0 Å². The van der Waals surface area contributed by atoms with E-state index >= 15 is 0 Å². The smallest absolute Gasteiger partial charge is 0.322 e. The van der Waals surface area contributed by atoms with Gasteiger partial charge in [-0.3, -0.25) is 0 Å². The lowest BCUT2D eigenvalue weighted by atomic mass is 10.1. The second kappa shape index (κ2) is 6.76. The van der Waals surface area contributed by atoms with Crippen molar-refractivity contribution < 1.29 is 14.6 Å². The van der Waals surface area contributed by atoms with Gasteiger partial charge in [0, 0.05) is 12.2 Å². The van der Waals surface area contributed by atoms with Crippen LogP contribution in [-0.2, 0) is 17.6 Å². The Kier molecular flexibility index (Phi) is 4.32. The van der Waals surface area contributed by atoms with E-state index in [1.165, 1.54) is 17.5 Å². The van der Waals surface area contributed by atoms with Gasteiger partial charge in [0.1, 0.15) is 11.9 Å². The van der Waals surface area contributed by atoms with Gasteiger partial charge in [-0.25, -0.2) is 4.79 Å². The molecule has 4 rings (SSSR count). The summed E-state index contributed by atoms with van der Waals surface area (Å²) in [6.07, 6.45) is 3.21. The van der Waals surface area contributed by atoms with E-state index in [1.807, 2.05) is 12.1 Å². The van der Waals surface area contributed by atoms with Crippen LogP contribution in [-0.4, -0.2) is 35.7 Å². The maximum absolute atomic E-state index is 12.6. The number of aryl methyl sites for hydroxylation is 2. The zero-order valence-electron chi connectivity index (χ0n) is 14.1. The molecule has 1 heterocycles. The molecule has 2 amide bonds. The molecule has 1 aliphatic carbocycles. The molecule has 2 N–H and O–H groups in total. The fourth-order valence-corrected chi connectivity index (χ4v) is 3.61. The number of carbonyl (C=O) groups is 1. The Morgan fingerprint density at radius 2 is 2.04 bits per heavy atom. The summed E-state index contributed by atoms with van der Waals surface area (Å²) in [6, 6.07) is 13.1. The summed E-state index contributed by atoms with van der Waals surface area (Å²) in [5, 5.41) is 12.6. The van der Waals surface area contributed by atoms with Gasteiger partial charge < -0.3 is 20.1 Å². The lowest BCUT2D eigenvalue weighted by Crippen LogP contribution is -2.44. The number of carbonyl (C=O) groups excluding carboxylic acids is 1. The van der Waals surface area contributed by atoms with Gasteiger partial charge >= 0.3 is 6.03 Å². The van der Waals surface area contributed by atoms with Crippen LogP contribution < -0.4 is 5.32 Å². The fraction of sp³-hybridized carbons (Fsp3) is 0.350. The third kappa shape index (κ3) is 3.46. The van der Waals surface area contributed by atoms with Crippen molar-refractivity contribution in [1.82, 2.24) is 4.90 Å². The minimum atomic E-state index is -0.216. The summed E-state index contributed by atoms with van der Waals surface area (Å²) in [6.45, 7) is 1.52. The number of nitrogens with zero attached hydrogens (tertiary/aromatic N) is 1. The molecule has 130 valence electrons. The zero-order chi connectivity index (χ0) is 17.2. The molecule has 2 aliphatic rings. The van der Waals surface area contributed by atoms with Gasteiger partial charge in [0.05, 0.1) is 13.2 Å². The van der Waals surface area contributed by atoms with Gasteiger partial charge in [-0.2, -0.15) is 0 Å². The minimum Gasteiger partial charge on any atom is -0.508 e. The molecule has 0 bridgehead atoms. The number of fused-ring (bicyclic) bond motifs is 1. The van der Waals surface area contributed by atoms with Crippen molar-refractivity contribution in [2.24, 2.45) is 0 Å². The number of benzene rings is 2. The van der Waals surface area contributed by atoms with Crippen LogP contribution in [0.1, 0.15) is 29.2 Å². The van der Waals surface area contributed by atoms with Crippen molar-refractivity contribution in [3.05, 3.63) is 59.2 Å². The average Bonchev–Trinajstić information content (AvgIpc) is 3.09. The number of amides is 2. The van der Waals surface area contributed by atoms with Crippen LogP contribution in [0.25, 0.3) is 0 Å². The van der Waals surface area contributed by atoms with Crippen LogP contribution in [0.5, 0.6) is 5.75 Å². The summed E-state index contributed by atoms with van der Waals surface area (Å²) < 4.78 is 5.78. The molecule has 0 radical (unpaired) electrons. The largest absolute Gasteiger partial charge is 0.508 e. The van der Waals surface area contributed by atoms with Gasteiger partial charge in [0.25, 0.3) is 0 Å². The molecule has 1 fully saturated rings. The summed E-state index contributed by atoms with van der Waals surface area (Å²) >= 11 is 0. The van der Waals surface area contributed by atoms with Crippen molar-refractivity contribution in [3.63, 3.8) is 0 Å². The Balaban J connectivity index is 1.43. The van der Waals surface area contributed by atoms with E-state index in [1.54, 1.807) is 23.1 Å². The minimum absolute atomic E-state index is 0.105. The number of phenols is 1. The molecule has 5 heteroatoms. The molecule has 1 atom stereocenters. The monoisotopic (exact) mass is 338 g/mol. The first-order valence-electron chi connectivity index (χ1n) is 8.77. The third-order valence-corrected chi connectivity index (χ3v) is 4.95. The Morgan fingerprint density at radius 1 is 1.16 bits per heavy atom. The van der Waals surface area contributed by atoms with Crippen molar-refractivity contribution >= 4 is 11.7 Å². The Hall–Kier alpha value is -2.53. The first-order chi connectivity index (χ1) is 12.2. The van der Waals surface area contributed by atoms with Crippen molar-refractivity contribution in [1.29, 1.82) is 0 Å². The normalized spacial score (nSPS) is 19.5. The standard InChI is InChI=1S/C20H22N2O3/c23-18-6-2-5-16(12-18)19-13-22(9-10-25-19)20(24)21-17-8-7-14-3-1-4-15(14)11-17/h2,5-8,11-12,19,23H,1,3-4,9-10,13H2,(H,21,24)/t19-/m1/s1. The number of phenolic OH excluding ortho intramolecular Hbond substituents is 1. The molecule has 1 saturated heterocycles. The van der Waals surface area contributed by atoms with E-state index in [4.69, 9.17) is 4.74 Å². The van der Waals surface area contributed by atoms with E-state index in [2.05, 4.69) is 17.4 Å². The number of urea groups is 1. The number of anilines is 1. The van der Waals surface area contributed by atoms with Crippen LogP contribution in [0.3, 0.4) is 0 Å². The van der Waals surface area contributed by atoms with E-state index < -0.39 is 0 Å². The summed E-state index contributed by atoms with van der Waals surface area (Å²) in [5.74, 6) is 0.209. The Labute approximate surface area is 147 Å². The molecule has 0 saturated carbocycles. The fourth-order valence-electron chi connectivity index (χ4n) is 3.61. The molecule has 0 unspecified atom stereocenters. The van der Waals surface area contributed by atoms with Gasteiger partial charge in [-0.15, -0.1) is 0 Å². The number of ether oxygens (including phenoxy) is 1. The molecular weight excluding hydrogens is 316 g/mol. The number of morpholine rings is 1. The van der Waals surface area contributed by atoms with Gasteiger partial charge in [-0.1, -0.05) is 18.2 Å². The highest BCUT2D eigenvalue weighted by molar-refractivity contribution is 5.89. The summed E-state index contributed by atoms with van der Waals surface area (Å²) in [5.41, 5.74) is 4.48. The maximum atomic E-state index is 12.6. The molecule has 2 aromatic carbocycles. The zero-order valence-corrected chi connectivity index (χ0v) is 14.1. The van der Waals surface area contributed by atoms with Gasteiger partial charge in [0.2, 0.25) is 0 Å². The molecule has 0 spiro atoms.